The minimum Gasteiger partial charge on any atom is -0.381 e. The second kappa shape index (κ2) is 7.54. The summed E-state index contributed by atoms with van der Waals surface area (Å²) in [6.45, 7) is 1.00. The lowest BCUT2D eigenvalue weighted by atomic mass is 10.3. The molecule has 0 aromatic rings. The van der Waals surface area contributed by atoms with Gasteiger partial charge in [0.1, 0.15) is 0 Å². The Balaban J connectivity index is 3.00. The zero-order chi connectivity index (χ0) is 10.1. The number of hydrogen-bond donors (Lipinski definition) is 2. The number of nitrogens with two attached hydrogens (primary N) is 2. The highest BCUT2D eigenvalue weighted by atomic mass is 16.5. The summed E-state index contributed by atoms with van der Waals surface area (Å²) in [6.07, 6.45) is 1.95. The minimum atomic E-state index is -0.319. The molecule has 0 rings (SSSR count). The Morgan fingerprint density at radius 2 is 1.31 bits per heavy atom. The first kappa shape index (κ1) is 11.9. The lowest BCUT2D eigenvalue weighted by Crippen LogP contribution is -2.12. The molecule has 0 radical (unpaired) electrons. The zero-order valence-electron chi connectivity index (χ0n) is 7.62. The van der Waals surface area contributed by atoms with E-state index in [0.717, 1.165) is 0 Å². The number of ether oxygens (including phenoxy) is 1. The maximum Gasteiger partial charge on any atom is 0.217 e. The first-order valence-electron chi connectivity index (χ1n) is 4.27. The summed E-state index contributed by atoms with van der Waals surface area (Å²) in [5, 5.41) is 0. The fraction of sp³-hybridized carbons (Fsp3) is 0.750. The predicted octanol–water partition coefficient (Wildman–Crippen LogP) is -0.466. The van der Waals surface area contributed by atoms with E-state index in [1.807, 2.05) is 0 Å². The Hall–Kier alpha value is -1.10. The van der Waals surface area contributed by atoms with Gasteiger partial charge in [-0.1, -0.05) is 0 Å². The maximum atomic E-state index is 10.3. The lowest BCUT2D eigenvalue weighted by molar-refractivity contribution is -0.118. The van der Waals surface area contributed by atoms with E-state index in [4.69, 9.17) is 16.2 Å². The van der Waals surface area contributed by atoms with Crippen molar-refractivity contribution < 1.29 is 14.3 Å². The number of rotatable bonds is 8. The topological polar surface area (TPSA) is 95.4 Å². The van der Waals surface area contributed by atoms with Crippen LogP contribution in [0.25, 0.3) is 0 Å². The summed E-state index contributed by atoms with van der Waals surface area (Å²) in [4.78, 5) is 20.6. The van der Waals surface area contributed by atoms with Gasteiger partial charge in [0.2, 0.25) is 11.8 Å². The summed E-state index contributed by atoms with van der Waals surface area (Å²) in [6, 6.07) is 0. The molecule has 4 N–H and O–H groups in total. The van der Waals surface area contributed by atoms with Crippen molar-refractivity contribution in [2.24, 2.45) is 11.5 Å². The average Bonchev–Trinajstić information content (AvgIpc) is 2.01. The van der Waals surface area contributed by atoms with Crippen molar-refractivity contribution in [3.63, 3.8) is 0 Å². The fourth-order valence-corrected chi connectivity index (χ4v) is 0.799. The summed E-state index contributed by atoms with van der Waals surface area (Å²) in [5.41, 5.74) is 9.83. The molecule has 0 bridgehead atoms. The van der Waals surface area contributed by atoms with E-state index in [-0.39, 0.29) is 11.8 Å². The first-order valence-corrected chi connectivity index (χ1v) is 4.27. The quantitative estimate of drug-likeness (QED) is 0.504. The fourth-order valence-electron chi connectivity index (χ4n) is 0.799. The Labute approximate surface area is 77.4 Å². The normalized spacial score (nSPS) is 9.85. The molecule has 0 unspecified atom stereocenters. The predicted molar refractivity (Wildman–Crippen MR) is 47.7 cm³/mol. The molecule has 0 fully saturated rings. The number of hydrogen-bond acceptors (Lipinski definition) is 3. The van der Waals surface area contributed by atoms with Gasteiger partial charge < -0.3 is 16.2 Å². The molecule has 0 aliphatic rings. The SMILES string of the molecule is NC(=O)CCCOCCCC(N)=O. The molecule has 0 aliphatic heterocycles. The standard InChI is InChI=1S/C8H16N2O3/c9-7(11)3-1-5-13-6-2-4-8(10)12/h1-6H2,(H2,9,11)(H2,10,12). The van der Waals surface area contributed by atoms with E-state index in [9.17, 15) is 9.59 Å². The molecule has 0 saturated carbocycles. The largest absolute Gasteiger partial charge is 0.381 e. The first-order chi connectivity index (χ1) is 6.13. The van der Waals surface area contributed by atoms with Crippen molar-refractivity contribution in [1.82, 2.24) is 0 Å². The van der Waals surface area contributed by atoms with Gasteiger partial charge >= 0.3 is 0 Å². The molecule has 13 heavy (non-hydrogen) atoms. The van der Waals surface area contributed by atoms with Gasteiger partial charge in [0.15, 0.2) is 0 Å². The molecule has 0 saturated heterocycles. The van der Waals surface area contributed by atoms with E-state index in [1.54, 1.807) is 0 Å². The van der Waals surface area contributed by atoms with Crippen LogP contribution in [0.5, 0.6) is 0 Å². The second-order valence-corrected chi connectivity index (χ2v) is 2.75. The third-order valence-electron chi connectivity index (χ3n) is 1.42. The van der Waals surface area contributed by atoms with Crippen LogP contribution in [0.4, 0.5) is 0 Å². The molecule has 0 aromatic carbocycles. The maximum absolute atomic E-state index is 10.3. The van der Waals surface area contributed by atoms with E-state index in [1.165, 1.54) is 0 Å². The molecule has 0 aromatic heterocycles. The molecule has 0 aliphatic carbocycles. The van der Waals surface area contributed by atoms with Crippen LogP contribution in [0.2, 0.25) is 0 Å². The summed E-state index contributed by atoms with van der Waals surface area (Å²) in [5.74, 6) is -0.638. The number of amides is 2. The molecule has 5 heteroatoms. The molecule has 5 nitrogen and oxygen atoms in total. The zero-order valence-corrected chi connectivity index (χ0v) is 7.62. The number of primary amides is 2. The van der Waals surface area contributed by atoms with Crippen molar-refractivity contribution in [3.8, 4) is 0 Å². The van der Waals surface area contributed by atoms with Gasteiger partial charge in [0, 0.05) is 26.1 Å². The van der Waals surface area contributed by atoms with Gasteiger partial charge in [-0.3, -0.25) is 9.59 Å². The van der Waals surface area contributed by atoms with Crippen molar-refractivity contribution in [1.29, 1.82) is 0 Å². The molecular formula is C8H16N2O3. The molecule has 0 atom stereocenters. The van der Waals surface area contributed by atoms with Crippen molar-refractivity contribution in [3.05, 3.63) is 0 Å². The number of carbonyl (C=O) groups excluding carboxylic acids is 2. The molecule has 0 heterocycles. The lowest BCUT2D eigenvalue weighted by Gasteiger charge is -2.01. The Morgan fingerprint density at radius 1 is 0.923 bits per heavy atom. The highest BCUT2D eigenvalue weighted by Gasteiger charge is 1.96. The minimum absolute atomic E-state index is 0.319. The molecule has 2 amide bonds. The van der Waals surface area contributed by atoms with E-state index < -0.39 is 0 Å². The third-order valence-corrected chi connectivity index (χ3v) is 1.42. The van der Waals surface area contributed by atoms with Crippen molar-refractivity contribution >= 4 is 11.8 Å². The van der Waals surface area contributed by atoms with E-state index >= 15 is 0 Å². The van der Waals surface area contributed by atoms with Gasteiger partial charge in [-0.25, -0.2) is 0 Å². The Bertz CT molecular complexity index is 153. The monoisotopic (exact) mass is 188 g/mol. The van der Waals surface area contributed by atoms with Gasteiger partial charge in [0.25, 0.3) is 0 Å². The van der Waals surface area contributed by atoms with Crippen molar-refractivity contribution in [2.75, 3.05) is 13.2 Å². The highest BCUT2D eigenvalue weighted by Crippen LogP contribution is 1.92. The highest BCUT2D eigenvalue weighted by molar-refractivity contribution is 5.73. The van der Waals surface area contributed by atoms with Crippen molar-refractivity contribution in [2.45, 2.75) is 25.7 Å². The summed E-state index contributed by atoms with van der Waals surface area (Å²) >= 11 is 0. The number of carbonyl (C=O) groups is 2. The van der Waals surface area contributed by atoms with Gasteiger partial charge in [0.05, 0.1) is 0 Å². The van der Waals surface area contributed by atoms with E-state index in [2.05, 4.69) is 0 Å². The van der Waals surface area contributed by atoms with Crippen LogP contribution in [0.15, 0.2) is 0 Å². The molecular weight excluding hydrogens is 172 g/mol. The smallest absolute Gasteiger partial charge is 0.217 e. The van der Waals surface area contributed by atoms with Crippen LogP contribution in [-0.2, 0) is 14.3 Å². The van der Waals surface area contributed by atoms with Crippen LogP contribution in [0.1, 0.15) is 25.7 Å². The van der Waals surface area contributed by atoms with Crippen LogP contribution < -0.4 is 11.5 Å². The molecule has 0 spiro atoms. The Morgan fingerprint density at radius 3 is 1.62 bits per heavy atom. The van der Waals surface area contributed by atoms with Gasteiger partial charge in [-0.05, 0) is 12.8 Å². The second-order valence-electron chi connectivity index (χ2n) is 2.75. The average molecular weight is 188 g/mol. The van der Waals surface area contributed by atoms with Crippen LogP contribution >= 0.6 is 0 Å². The van der Waals surface area contributed by atoms with Gasteiger partial charge in [-0.15, -0.1) is 0 Å². The summed E-state index contributed by atoms with van der Waals surface area (Å²) < 4.78 is 5.12. The van der Waals surface area contributed by atoms with Gasteiger partial charge in [-0.2, -0.15) is 0 Å². The third kappa shape index (κ3) is 10.9. The van der Waals surface area contributed by atoms with E-state index in [0.29, 0.717) is 38.9 Å². The van der Waals surface area contributed by atoms with Crippen LogP contribution in [-0.4, -0.2) is 25.0 Å². The Kier molecular flexibility index (Phi) is 6.91. The van der Waals surface area contributed by atoms with Crippen LogP contribution in [0, 0.1) is 0 Å². The molecule has 76 valence electrons. The van der Waals surface area contributed by atoms with Crippen LogP contribution in [0.3, 0.4) is 0 Å². The summed E-state index contributed by atoms with van der Waals surface area (Å²) in [7, 11) is 0.